The van der Waals surface area contributed by atoms with E-state index in [4.69, 9.17) is 0 Å². The lowest BCUT2D eigenvalue weighted by atomic mass is 9.85. The molecule has 0 bridgehead atoms. The van der Waals surface area contributed by atoms with Gasteiger partial charge in [0.25, 0.3) is 0 Å². The molecular weight excluding hydrogens is 508 g/mol. The Bertz CT molecular complexity index is 1720. The van der Waals surface area contributed by atoms with Crippen LogP contribution in [0.5, 0.6) is 0 Å². The van der Waals surface area contributed by atoms with Gasteiger partial charge in [-0.15, -0.1) is 0 Å². The summed E-state index contributed by atoms with van der Waals surface area (Å²) in [4.78, 5) is 5.22. The molecule has 42 heavy (non-hydrogen) atoms. The molecule has 4 atom stereocenters. The molecule has 0 radical (unpaired) electrons. The third kappa shape index (κ3) is 3.91. The van der Waals surface area contributed by atoms with Crippen LogP contribution in [0, 0.1) is 25.7 Å². The number of aryl methyl sites for hydroxylation is 2. The molecule has 4 aliphatic carbocycles. The van der Waals surface area contributed by atoms with Crippen molar-refractivity contribution in [2.75, 3.05) is 9.80 Å². The monoisotopic (exact) mass is 548 g/mol. The second-order valence-corrected chi connectivity index (χ2v) is 12.7. The Morgan fingerprint density at radius 1 is 0.714 bits per heavy atom. The number of benzene rings is 2. The van der Waals surface area contributed by atoms with E-state index in [0.717, 1.165) is 19.3 Å². The molecule has 2 aliphatic heterocycles. The van der Waals surface area contributed by atoms with Gasteiger partial charge in [0.1, 0.15) is 0 Å². The fourth-order valence-corrected chi connectivity index (χ4v) is 8.33. The molecule has 2 aromatic carbocycles. The Morgan fingerprint density at radius 2 is 1.36 bits per heavy atom. The molecule has 2 heterocycles. The van der Waals surface area contributed by atoms with Gasteiger partial charge in [0.15, 0.2) is 0 Å². The molecule has 0 spiro atoms. The minimum absolute atomic E-state index is 0.375. The van der Waals surface area contributed by atoms with Gasteiger partial charge >= 0.3 is 0 Å². The van der Waals surface area contributed by atoms with Crippen LogP contribution in [0.1, 0.15) is 50.2 Å². The maximum Gasteiger partial charge on any atom is 0.0626 e. The zero-order valence-corrected chi connectivity index (χ0v) is 25.1. The van der Waals surface area contributed by atoms with Crippen molar-refractivity contribution < 1.29 is 0 Å². The summed E-state index contributed by atoms with van der Waals surface area (Å²) in [6, 6.07) is 15.0. The van der Waals surface area contributed by atoms with Gasteiger partial charge < -0.3 is 9.80 Å². The summed E-state index contributed by atoms with van der Waals surface area (Å²) in [6.07, 6.45) is 31.5. The highest BCUT2D eigenvalue weighted by Gasteiger charge is 2.40. The summed E-state index contributed by atoms with van der Waals surface area (Å²) in [5, 5.41) is 0. The van der Waals surface area contributed by atoms with Crippen molar-refractivity contribution in [2.24, 2.45) is 11.8 Å². The van der Waals surface area contributed by atoms with Gasteiger partial charge in [-0.3, -0.25) is 0 Å². The molecule has 2 aromatic rings. The van der Waals surface area contributed by atoms with Crippen molar-refractivity contribution in [3.8, 4) is 11.1 Å². The first-order valence-electron chi connectivity index (χ1n) is 15.9. The van der Waals surface area contributed by atoms with Crippen molar-refractivity contribution in [1.29, 1.82) is 0 Å². The highest BCUT2D eigenvalue weighted by Crippen LogP contribution is 2.48. The van der Waals surface area contributed by atoms with Gasteiger partial charge in [0.05, 0.1) is 12.1 Å². The van der Waals surface area contributed by atoms with Crippen LogP contribution in [0.25, 0.3) is 11.1 Å². The lowest BCUT2D eigenvalue weighted by Gasteiger charge is -2.32. The molecule has 6 aliphatic rings. The number of anilines is 2. The molecule has 0 fully saturated rings. The molecule has 0 amide bonds. The highest BCUT2D eigenvalue weighted by atomic mass is 15.2. The van der Waals surface area contributed by atoms with E-state index in [1.165, 1.54) is 63.4 Å². The fraction of sp³-hybridized carbons (Fsp3) is 0.300. The van der Waals surface area contributed by atoms with Gasteiger partial charge in [0, 0.05) is 34.6 Å². The third-order valence-corrected chi connectivity index (χ3v) is 10.4. The Balaban J connectivity index is 1.13. The van der Waals surface area contributed by atoms with Crippen LogP contribution >= 0.6 is 0 Å². The molecule has 0 N–H and O–H groups in total. The van der Waals surface area contributed by atoms with Crippen LogP contribution in [-0.2, 0) is 0 Å². The number of allylic oxidation sites excluding steroid dienone is 9. The van der Waals surface area contributed by atoms with Crippen LogP contribution < -0.4 is 9.80 Å². The summed E-state index contributed by atoms with van der Waals surface area (Å²) >= 11 is 0. The third-order valence-electron chi connectivity index (χ3n) is 10.4. The minimum Gasteiger partial charge on any atom is -0.337 e. The average molecular weight is 549 g/mol. The van der Waals surface area contributed by atoms with Crippen molar-refractivity contribution >= 4 is 11.4 Å². The van der Waals surface area contributed by atoms with Crippen molar-refractivity contribution in [2.45, 2.75) is 65.0 Å². The van der Waals surface area contributed by atoms with Gasteiger partial charge in [-0.2, -0.15) is 0 Å². The Labute approximate surface area is 251 Å². The van der Waals surface area contributed by atoms with Crippen LogP contribution in [-0.4, -0.2) is 12.1 Å². The summed E-state index contributed by atoms with van der Waals surface area (Å²) in [6.45, 7) is 6.87. The molecule has 210 valence electrons. The first-order valence-corrected chi connectivity index (χ1v) is 15.9. The standard InChI is InChI=1S/C40H40N2/c1-4-28-17-20-36-35-13-7-10-16-39(35)42(40(36)25-28)30-19-22-32(27(3)24-30)31-21-18-29(23-26(31)2)41-37-14-8-5-11-33(37)34-12-6-9-15-38(34)41/h5-8,10-14,16,18-19,21-25,33,35,37,39H,4,9,15,17,20H2,1-3H3. The number of hydrogen-bond donors (Lipinski definition) is 0. The van der Waals surface area contributed by atoms with E-state index in [2.05, 4.69) is 134 Å². The Kier molecular flexibility index (Phi) is 6.14. The van der Waals surface area contributed by atoms with Gasteiger partial charge in [0.2, 0.25) is 0 Å². The molecule has 0 saturated heterocycles. The number of fused-ring (bicyclic) bond motifs is 4. The first-order chi connectivity index (χ1) is 20.6. The highest BCUT2D eigenvalue weighted by molar-refractivity contribution is 5.77. The summed E-state index contributed by atoms with van der Waals surface area (Å²) < 4.78 is 0. The largest absolute Gasteiger partial charge is 0.337 e. The quantitative estimate of drug-likeness (QED) is 0.375. The van der Waals surface area contributed by atoms with Gasteiger partial charge in [-0.25, -0.2) is 0 Å². The van der Waals surface area contributed by atoms with E-state index in [9.17, 15) is 0 Å². The van der Waals surface area contributed by atoms with Crippen LogP contribution in [0.4, 0.5) is 11.4 Å². The molecule has 0 saturated carbocycles. The minimum atomic E-state index is 0.375. The normalized spacial score (nSPS) is 27.0. The fourth-order valence-electron chi connectivity index (χ4n) is 8.33. The van der Waals surface area contributed by atoms with E-state index in [1.807, 2.05) is 0 Å². The van der Waals surface area contributed by atoms with Gasteiger partial charge in [-0.1, -0.05) is 85.4 Å². The molecule has 2 heteroatoms. The van der Waals surface area contributed by atoms with E-state index >= 15 is 0 Å². The smallest absolute Gasteiger partial charge is 0.0626 e. The predicted octanol–water partition coefficient (Wildman–Crippen LogP) is 9.82. The van der Waals surface area contributed by atoms with Crippen molar-refractivity contribution in [3.05, 3.63) is 142 Å². The zero-order valence-electron chi connectivity index (χ0n) is 25.1. The number of nitrogens with zero attached hydrogens (tertiary/aromatic N) is 2. The topological polar surface area (TPSA) is 6.48 Å². The number of rotatable bonds is 4. The molecular formula is C40H40N2. The summed E-state index contributed by atoms with van der Waals surface area (Å²) in [5.41, 5.74) is 15.6. The van der Waals surface area contributed by atoms with Crippen molar-refractivity contribution in [3.63, 3.8) is 0 Å². The summed E-state index contributed by atoms with van der Waals surface area (Å²) in [5.74, 6) is 0.948. The maximum atomic E-state index is 2.61. The van der Waals surface area contributed by atoms with Crippen LogP contribution in [0.15, 0.2) is 131 Å². The second kappa shape index (κ2) is 10.1. The SMILES string of the molecule is CCC1=CC2=C(CC1)C1C=CC=CC1N2c1ccc(-c2ccc(N3C4=C(C=CCC4)C4C=CC=CC43)cc2C)c(C)c1. The molecule has 4 unspecified atom stereocenters. The first kappa shape index (κ1) is 25.7. The average Bonchev–Trinajstić information content (AvgIpc) is 3.54. The van der Waals surface area contributed by atoms with E-state index in [1.54, 1.807) is 11.1 Å². The predicted molar refractivity (Wildman–Crippen MR) is 177 cm³/mol. The number of hydrogen-bond acceptors (Lipinski definition) is 2. The second-order valence-electron chi connectivity index (χ2n) is 12.7. The maximum absolute atomic E-state index is 2.61. The summed E-state index contributed by atoms with van der Waals surface area (Å²) in [7, 11) is 0. The van der Waals surface area contributed by atoms with E-state index in [0.29, 0.717) is 23.9 Å². The lowest BCUT2D eigenvalue weighted by Crippen LogP contribution is -2.32. The molecule has 8 rings (SSSR count). The van der Waals surface area contributed by atoms with Crippen molar-refractivity contribution in [1.82, 2.24) is 0 Å². The van der Waals surface area contributed by atoms with E-state index in [-0.39, 0.29) is 0 Å². The van der Waals surface area contributed by atoms with Crippen LogP contribution in [0.2, 0.25) is 0 Å². The molecule has 0 aromatic heterocycles. The van der Waals surface area contributed by atoms with Gasteiger partial charge in [-0.05, 0) is 110 Å². The lowest BCUT2D eigenvalue weighted by molar-refractivity contribution is 0.654. The zero-order chi connectivity index (χ0) is 28.4. The Morgan fingerprint density at radius 3 is 2.05 bits per heavy atom. The van der Waals surface area contributed by atoms with Crippen LogP contribution in [0.3, 0.4) is 0 Å². The van der Waals surface area contributed by atoms with E-state index < -0.39 is 0 Å². The Hall–Kier alpha value is -4.04. The molecule has 2 nitrogen and oxygen atoms in total.